The molecule has 1 N–H and O–H groups in total. The first-order valence-electron chi connectivity index (χ1n) is 10.5. The van der Waals surface area contributed by atoms with Gasteiger partial charge in [-0.3, -0.25) is 14.5 Å². The highest BCUT2D eigenvalue weighted by Gasteiger charge is 2.48. The lowest BCUT2D eigenvalue weighted by molar-refractivity contribution is -0.132. The van der Waals surface area contributed by atoms with Crippen molar-refractivity contribution < 1.29 is 28.6 Å². The Hall–Kier alpha value is -4.20. The first-order chi connectivity index (χ1) is 16.0. The molecule has 3 aromatic rings. The molecule has 1 atom stereocenters. The summed E-state index contributed by atoms with van der Waals surface area (Å²) in [5, 5.41) is 11.3. The van der Waals surface area contributed by atoms with Crippen LogP contribution in [0.3, 0.4) is 0 Å². The molecule has 8 nitrogen and oxygen atoms in total. The fourth-order valence-corrected chi connectivity index (χ4v) is 4.21. The van der Waals surface area contributed by atoms with Gasteiger partial charge >= 0.3 is 0 Å². The number of rotatable bonds is 4. The molecule has 5 rings (SSSR count). The maximum absolute atomic E-state index is 13.2. The van der Waals surface area contributed by atoms with Crippen LogP contribution in [0.2, 0.25) is 0 Å². The van der Waals surface area contributed by atoms with Gasteiger partial charge in [0.25, 0.3) is 11.7 Å². The van der Waals surface area contributed by atoms with Crippen LogP contribution in [0.25, 0.3) is 5.76 Å². The topological polar surface area (TPSA) is 92.5 Å². The Morgan fingerprint density at radius 3 is 2.61 bits per heavy atom. The lowest BCUT2D eigenvalue weighted by atomic mass is 9.98. The van der Waals surface area contributed by atoms with Gasteiger partial charge in [-0.15, -0.1) is 0 Å². The first-order valence-corrected chi connectivity index (χ1v) is 10.5. The molecule has 33 heavy (non-hydrogen) atoms. The average molecular weight is 446 g/mol. The normalized spacial score (nSPS) is 19.4. The number of likely N-dealkylation sites (N-methyl/N-ethyl adjacent to an activating group) is 1. The van der Waals surface area contributed by atoms with E-state index in [1.165, 1.54) is 11.2 Å². The Bertz CT molecular complexity index is 1250. The van der Waals surface area contributed by atoms with Crippen molar-refractivity contribution in [3.63, 3.8) is 0 Å². The van der Waals surface area contributed by atoms with Crippen molar-refractivity contribution in [2.24, 2.45) is 0 Å². The minimum atomic E-state index is -0.918. The fourth-order valence-electron chi connectivity index (χ4n) is 4.21. The van der Waals surface area contributed by atoms with Crippen molar-refractivity contribution in [2.75, 3.05) is 37.1 Å². The van der Waals surface area contributed by atoms with E-state index in [0.29, 0.717) is 41.7 Å². The molecule has 2 aliphatic heterocycles. The first kappa shape index (κ1) is 20.7. The van der Waals surface area contributed by atoms with E-state index in [9.17, 15) is 14.7 Å². The maximum Gasteiger partial charge on any atom is 0.300 e. The molecule has 1 aromatic heterocycles. The number of benzene rings is 2. The standard InChI is InChI=1S/C25H22N2O6/c1-26-11-13-33-19-10-5-15(14-18(19)26)23(28)21-22(20-4-3-12-32-20)27(25(30)24(21)29)16-6-8-17(31-2)9-7-16/h3-10,12,14,22,28H,11,13H2,1-2H3/b23-21-. The number of anilines is 2. The van der Waals surface area contributed by atoms with Gasteiger partial charge in [0, 0.05) is 18.3 Å². The second-order valence-corrected chi connectivity index (χ2v) is 7.84. The third-order valence-corrected chi connectivity index (χ3v) is 5.94. The number of methoxy groups -OCH3 is 1. The van der Waals surface area contributed by atoms with E-state index in [1.807, 2.05) is 11.9 Å². The summed E-state index contributed by atoms with van der Waals surface area (Å²) in [6, 6.07) is 14.4. The number of aliphatic hydroxyl groups excluding tert-OH is 1. The monoisotopic (exact) mass is 446 g/mol. The van der Waals surface area contributed by atoms with E-state index in [1.54, 1.807) is 61.7 Å². The number of aliphatic hydroxyl groups is 1. The zero-order valence-corrected chi connectivity index (χ0v) is 18.1. The van der Waals surface area contributed by atoms with Gasteiger partial charge in [0.2, 0.25) is 0 Å². The van der Waals surface area contributed by atoms with E-state index >= 15 is 0 Å². The fraction of sp³-hybridized carbons (Fsp3) is 0.200. The summed E-state index contributed by atoms with van der Waals surface area (Å²) in [6.07, 6.45) is 1.47. The van der Waals surface area contributed by atoms with Gasteiger partial charge in [0.15, 0.2) is 0 Å². The Morgan fingerprint density at radius 2 is 1.91 bits per heavy atom. The largest absolute Gasteiger partial charge is 0.507 e. The van der Waals surface area contributed by atoms with Crippen molar-refractivity contribution in [3.05, 3.63) is 77.8 Å². The smallest absolute Gasteiger partial charge is 0.300 e. The van der Waals surface area contributed by atoms with E-state index < -0.39 is 17.7 Å². The van der Waals surface area contributed by atoms with Crippen molar-refractivity contribution in [3.8, 4) is 11.5 Å². The van der Waals surface area contributed by atoms with Crippen LogP contribution in [-0.4, -0.2) is 44.1 Å². The number of nitrogens with zero attached hydrogens (tertiary/aromatic N) is 2. The molecular weight excluding hydrogens is 424 g/mol. The third-order valence-electron chi connectivity index (χ3n) is 5.94. The minimum absolute atomic E-state index is 0.0369. The molecule has 2 aliphatic rings. The van der Waals surface area contributed by atoms with Gasteiger partial charge in [0.1, 0.15) is 35.7 Å². The van der Waals surface area contributed by atoms with Crippen LogP contribution in [0.15, 0.2) is 70.9 Å². The van der Waals surface area contributed by atoms with E-state index in [4.69, 9.17) is 13.9 Å². The summed E-state index contributed by atoms with van der Waals surface area (Å²) in [4.78, 5) is 29.6. The highest BCUT2D eigenvalue weighted by Crippen LogP contribution is 2.43. The Morgan fingerprint density at radius 1 is 1.12 bits per heavy atom. The Kier molecular flexibility index (Phi) is 5.05. The zero-order valence-electron chi connectivity index (χ0n) is 18.1. The number of Topliss-reactive ketones (excluding diaryl/α,β-unsaturated/α-hetero) is 1. The molecule has 0 bridgehead atoms. The predicted molar refractivity (Wildman–Crippen MR) is 122 cm³/mol. The number of carbonyl (C=O) groups is 2. The number of hydrogen-bond acceptors (Lipinski definition) is 7. The van der Waals surface area contributed by atoms with Crippen LogP contribution in [0, 0.1) is 0 Å². The van der Waals surface area contributed by atoms with E-state index in [2.05, 4.69) is 0 Å². The van der Waals surface area contributed by atoms with E-state index in [-0.39, 0.29) is 11.3 Å². The molecule has 0 saturated carbocycles. The highest BCUT2D eigenvalue weighted by atomic mass is 16.5. The lowest BCUT2D eigenvalue weighted by Crippen LogP contribution is -2.29. The number of furan rings is 1. The van der Waals surface area contributed by atoms with Crippen LogP contribution in [0.4, 0.5) is 11.4 Å². The molecule has 8 heteroatoms. The molecule has 1 fully saturated rings. The summed E-state index contributed by atoms with van der Waals surface area (Å²) in [7, 11) is 3.47. The zero-order chi connectivity index (χ0) is 23.1. The minimum Gasteiger partial charge on any atom is -0.507 e. The summed E-state index contributed by atoms with van der Waals surface area (Å²) >= 11 is 0. The second-order valence-electron chi connectivity index (χ2n) is 7.84. The molecule has 3 heterocycles. The number of ether oxygens (including phenoxy) is 2. The highest BCUT2D eigenvalue weighted by molar-refractivity contribution is 6.51. The van der Waals surface area contributed by atoms with Crippen molar-refractivity contribution in [2.45, 2.75) is 6.04 Å². The second kappa shape index (κ2) is 8.05. The van der Waals surface area contributed by atoms with Gasteiger partial charge in [-0.2, -0.15) is 0 Å². The SMILES string of the molecule is COc1ccc(N2C(=O)C(=O)/C(=C(\O)c3ccc4c(c3)N(C)CCO4)C2c2ccco2)cc1. The number of hydrogen-bond donors (Lipinski definition) is 1. The molecule has 1 amide bonds. The lowest BCUT2D eigenvalue weighted by Gasteiger charge is -2.28. The van der Waals surface area contributed by atoms with Crippen molar-refractivity contribution >= 4 is 28.8 Å². The number of fused-ring (bicyclic) bond motifs is 1. The van der Waals surface area contributed by atoms with Gasteiger partial charge < -0.3 is 23.9 Å². The Balaban J connectivity index is 1.65. The van der Waals surface area contributed by atoms with Crippen LogP contribution < -0.4 is 19.3 Å². The van der Waals surface area contributed by atoms with E-state index in [0.717, 1.165) is 5.69 Å². The number of carbonyl (C=O) groups excluding carboxylic acids is 2. The molecule has 0 aliphatic carbocycles. The summed E-state index contributed by atoms with van der Waals surface area (Å²) in [5.41, 5.74) is 1.65. The predicted octanol–water partition coefficient (Wildman–Crippen LogP) is 3.74. The van der Waals surface area contributed by atoms with Crippen LogP contribution >= 0.6 is 0 Å². The molecule has 168 valence electrons. The van der Waals surface area contributed by atoms with Crippen LogP contribution in [0.1, 0.15) is 17.4 Å². The third kappa shape index (κ3) is 3.40. The molecule has 2 aromatic carbocycles. The molecular formula is C25H22N2O6. The summed E-state index contributed by atoms with van der Waals surface area (Å²) in [5.74, 6) is -0.127. The molecule has 1 unspecified atom stereocenters. The van der Waals surface area contributed by atoms with Crippen molar-refractivity contribution in [1.29, 1.82) is 0 Å². The average Bonchev–Trinajstić information content (AvgIpc) is 3.46. The number of amides is 1. The quantitative estimate of drug-likeness (QED) is 0.371. The van der Waals surface area contributed by atoms with Gasteiger partial charge in [-0.05, 0) is 54.6 Å². The maximum atomic E-state index is 13.2. The van der Waals surface area contributed by atoms with Crippen molar-refractivity contribution in [1.82, 2.24) is 0 Å². The molecule has 0 spiro atoms. The molecule has 0 radical (unpaired) electrons. The van der Waals surface area contributed by atoms with Crippen LogP contribution in [0.5, 0.6) is 11.5 Å². The van der Waals surface area contributed by atoms with Crippen LogP contribution in [-0.2, 0) is 9.59 Å². The van der Waals surface area contributed by atoms with Gasteiger partial charge in [-0.25, -0.2) is 0 Å². The summed E-state index contributed by atoms with van der Waals surface area (Å²) in [6.45, 7) is 1.27. The van der Waals surface area contributed by atoms with Gasteiger partial charge in [-0.1, -0.05) is 0 Å². The van der Waals surface area contributed by atoms with Gasteiger partial charge in [0.05, 0.1) is 31.2 Å². The number of ketones is 1. The Labute approximate surface area is 190 Å². The summed E-state index contributed by atoms with van der Waals surface area (Å²) < 4.78 is 16.5. The molecule has 1 saturated heterocycles.